The van der Waals surface area contributed by atoms with Gasteiger partial charge in [0.25, 0.3) is 0 Å². The summed E-state index contributed by atoms with van der Waals surface area (Å²) in [6.45, 7) is 3.10. The Hall–Kier alpha value is -0.160. The molecule has 0 unspecified atom stereocenters. The quantitative estimate of drug-likeness (QED) is 0.571. The van der Waals surface area contributed by atoms with Gasteiger partial charge in [-0.25, -0.2) is 0 Å². The normalized spacial score (nSPS) is 54.0. The van der Waals surface area contributed by atoms with Crippen molar-refractivity contribution in [2.75, 3.05) is 26.2 Å². The first-order chi connectivity index (χ1) is 8.49. The highest BCUT2D eigenvalue weighted by Crippen LogP contribution is 2.72. The Labute approximate surface area is 110 Å². The fourth-order valence-electron chi connectivity index (χ4n) is 6.39. The lowest BCUT2D eigenvalue weighted by Gasteiger charge is -2.70. The van der Waals surface area contributed by atoms with Crippen LogP contribution in [-0.2, 0) is 0 Å². The van der Waals surface area contributed by atoms with Crippen molar-refractivity contribution in [1.29, 1.82) is 0 Å². The van der Waals surface area contributed by atoms with Crippen molar-refractivity contribution in [3.63, 3.8) is 0 Å². The van der Waals surface area contributed by atoms with Crippen LogP contribution >= 0.6 is 0 Å². The minimum absolute atomic E-state index is 0.271. The fourth-order valence-corrected chi connectivity index (χ4v) is 6.39. The highest BCUT2D eigenvalue weighted by atomic mass is 14.8. The van der Waals surface area contributed by atoms with Crippen LogP contribution in [-0.4, -0.2) is 26.2 Å². The lowest BCUT2D eigenvalue weighted by Crippen LogP contribution is -2.67. The van der Waals surface area contributed by atoms with Gasteiger partial charge < -0.3 is 22.9 Å². The molecule has 18 heavy (non-hydrogen) atoms. The SMILES string of the molecule is NCC12CC3(CN)CC(CN)(C1)CC(CN)(C2)C3. The fraction of sp³-hybridized carbons (Fsp3) is 1.00. The summed E-state index contributed by atoms with van der Waals surface area (Å²) in [6, 6.07) is 0. The van der Waals surface area contributed by atoms with Crippen molar-refractivity contribution in [2.45, 2.75) is 38.5 Å². The molecule has 0 atom stereocenters. The zero-order valence-corrected chi connectivity index (χ0v) is 11.4. The third kappa shape index (κ3) is 1.52. The highest BCUT2D eigenvalue weighted by molar-refractivity contribution is 5.18. The summed E-state index contributed by atoms with van der Waals surface area (Å²) in [5.74, 6) is 0. The summed E-state index contributed by atoms with van der Waals surface area (Å²) >= 11 is 0. The van der Waals surface area contributed by atoms with E-state index in [-0.39, 0.29) is 21.7 Å². The molecule has 4 aliphatic carbocycles. The minimum Gasteiger partial charge on any atom is -0.330 e. The van der Waals surface area contributed by atoms with E-state index in [1.807, 2.05) is 0 Å². The predicted octanol–water partition coefficient (Wildman–Crippen LogP) is 0.148. The number of nitrogens with two attached hydrogens (primary N) is 4. The van der Waals surface area contributed by atoms with Gasteiger partial charge in [-0.3, -0.25) is 0 Å². The molecular formula is C14H28N4. The molecule has 4 nitrogen and oxygen atoms in total. The largest absolute Gasteiger partial charge is 0.330 e. The third-order valence-corrected chi connectivity index (χ3v) is 6.23. The van der Waals surface area contributed by atoms with Gasteiger partial charge in [-0.05, 0) is 86.4 Å². The van der Waals surface area contributed by atoms with E-state index >= 15 is 0 Å². The van der Waals surface area contributed by atoms with Gasteiger partial charge in [0, 0.05) is 0 Å². The summed E-state index contributed by atoms with van der Waals surface area (Å²) in [5, 5.41) is 0. The first-order valence-electron chi connectivity index (χ1n) is 7.29. The van der Waals surface area contributed by atoms with Crippen LogP contribution in [0.1, 0.15) is 38.5 Å². The molecule has 0 aromatic carbocycles. The van der Waals surface area contributed by atoms with Gasteiger partial charge >= 0.3 is 0 Å². The second-order valence-electron chi connectivity index (χ2n) is 7.88. The molecule has 0 amide bonds. The lowest BCUT2D eigenvalue weighted by molar-refractivity contribution is -0.188. The van der Waals surface area contributed by atoms with Crippen molar-refractivity contribution in [3.05, 3.63) is 0 Å². The van der Waals surface area contributed by atoms with E-state index in [4.69, 9.17) is 22.9 Å². The van der Waals surface area contributed by atoms with E-state index < -0.39 is 0 Å². The number of hydrogen-bond acceptors (Lipinski definition) is 4. The Morgan fingerprint density at radius 1 is 0.444 bits per heavy atom. The summed E-state index contributed by atoms with van der Waals surface area (Å²) in [6.07, 6.45) is 7.23. The zero-order chi connectivity index (χ0) is 13.1. The van der Waals surface area contributed by atoms with Crippen LogP contribution in [0.4, 0.5) is 0 Å². The molecule has 0 spiro atoms. The van der Waals surface area contributed by atoms with Crippen molar-refractivity contribution in [2.24, 2.45) is 44.6 Å². The first kappa shape index (κ1) is 12.9. The van der Waals surface area contributed by atoms with Crippen molar-refractivity contribution in [1.82, 2.24) is 0 Å². The molecule has 4 aliphatic rings. The molecule has 4 rings (SSSR count). The molecule has 4 bridgehead atoms. The van der Waals surface area contributed by atoms with Crippen LogP contribution in [0.25, 0.3) is 0 Å². The standard InChI is InChI=1S/C14H28N4/c15-7-11-1-12(8-16)4-13(2-11,9-17)6-14(3-11,5-12)10-18/h1-10,15-18H2. The molecule has 4 saturated carbocycles. The topological polar surface area (TPSA) is 104 Å². The van der Waals surface area contributed by atoms with Crippen molar-refractivity contribution >= 4 is 0 Å². The molecular weight excluding hydrogens is 224 g/mol. The average molecular weight is 252 g/mol. The molecule has 0 heterocycles. The average Bonchev–Trinajstić information content (AvgIpc) is 2.37. The van der Waals surface area contributed by atoms with E-state index in [1.54, 1.807) is 0 Å². The number of hydrogen-bond donors (Lipinski definition) is 4. The Morgan fingerprint density at radius 3 is 0.722 bits per heavy atom. The van der Waals surface area contributed by atoms with Gasteiger partial charge in [-0.2, -0.15) is 0 Å². The Morgan fingerprint density at radius 2 is 0.611 bits per heavy atom. The van der Waals surface area contributed by atoms with Crippen LogP contribution in [0.5, 0.6) is 0 Å². The molecule has 4 heteroatoms. The van der Waals surface area contributed by atoms with Gasteiger partial charge in [0.1, 0.15) is 0 Å². The van der Waals surface area contributed by atoms with Crippen molar-refractivity contribution < 1.29 is 0 Å². The smallest absolute Gasteiger partial charge is 0.00199 e. The second-order valence-corrected chi connectivity index (χ2v) is 7.88. The van der Waals surface area contributed by atoms with Crippen LogP contribution in [0.2, 0.25) is 0 Å². The Bertz CT molecular complexity index is 250. The van der Waals surface area contributed by atoms with E-state index in [0.29, 0.717) is 0 Å². The number of rotatable bonds is 4. The van der Waals surface area contributed by atoms with Crippen LogP contribution in [0.3, 0.4) is 0 Å². The van der Waals surface area contributed by atoms with E-state index in [0.717, 1.165) is 26.2 Å². The summed E-state index contributed by atoms with van der Waals surface area (Å²) in [5.41, 5.74) is 25.7. The minimum atomic E-state index is 0.271. The monoisotopic (exact) mass is 252 g/mol. The van der Waals surface area contributed by atoms with Gasteiger partial charge in [0.15, 0.2) is 0 Å². The molecule has 104 valence electrons. The molecule has 4 fully saturated rings. The van der Waals surface area contributed by atoms with Gasteiger partial charge in [-0.1, -0.05) is 0 Å². The first-order valence-corrected chi connectivity index (χ1v) is 7.29. The maximum Gasteiger partial charge on any atom is -0.00199 e. The Kier molecular flexibility index (Phi) is 2.63. The molecule has 0 aliphatic heterocycles. The second kappa shape index (κ2) is 3.69. The maximum atomic E-state index is 6.15. The van der Waals surface area contributed by atoms with E-state index in [1.165, 1.54) is 38.5 Å². The summed E-state index contributed by atoms with van der Waals surface area (Å²) < 4.78 is 0. The molecule has 0 aromatic rings. The van der Waals surface area contributed by atoms with E-state index in [2.05, 4.69) is 0 Å². The van der Waals surface area contributed by atoms with Crippen LogP contribution in [0.15, 0.2) is 0 Å². The molecule has 8 N–H and O–H groups in total. The van der Waals surface area contributed by atoms with Crippen LogP contribution < -0.4 is 22.9 Å². The van der Waals surface area contributed by atoms with Gasteiger partial charge in [-0.15, -0.1) is 0 Å². The van der Waals surface area contributed by atoms with Gasteiger partial charge in [0.2, 0.25) is 0 Å². The summed E-state index contributed by atoms with van der Waals surface area (Å²) in [4.78, 5) is 0. The lowest BCUT2D eigenvalue weighted by atomic mass is 9.35. The predicted molar refractivity (Wildman–Crippen MR) is 73.7 cm³/mol. The third-order valence-electron chi connectivity index (χ3n) is 6.23. The highest BCUT2D eigenvalue weighted by Gasteiger charge is 2.66. The molecule has 0 aromatic heterocycles. The molecule has 0 radical (unpaired) electrons. The van der Waals surface area contributed by atoms with E-state index in [9.17, 15) is 0 Å². The van der Waals surface area contributed by atoms with Gasteiger partial charge in [0.05, 0.1) is 0 Å². The maximum absolute atomic E-state index is 6.15. The molecule has 0 saturated heterocycles. The Balaban J connectivity index is 2.06. The summed E-state index contributed by atoms with van der Waals surface area (Å²) in [7, 11) is 0. The van der Waals surface area contributed by atoms with Crippen molar-refractivity contribution in [3.8, 4) is 0 Å². The van der Waals surface area contributed by atoms with Crippen LogP contribution in [0, 0.1) is 21.7 Å². The zero-order valence-electron chi connectivity index (χ0n) is 11.4.